The van der Waals surface area contributed by atoms with Crippen LogP contribution in [0.4, 0.5) is 5.82 Å². The van der Waals surface area contributed by atoms with Gasteiger partial charge in [-0.1, -0.05) is 13.3 Å². The van der Waals surface area contributed by atoms with Crippen molar-refractivity contribution in [2.24, 2.45) is 0 Å². The van der Waals surface area contributed by atoms with Crippen LogP contribution < -0.4 is 15.4 Å². The first kappa shape index (κ1) is 18.7. The Morgan fingerprint density at radius 2 is 2.17 bits per heavy atom. The predicted octanol–water partition coefficient (Wildman–Crippen LogP) is 1.63. The lowest BCUT2D eigenvalue weighted by Gasteiger charge is -2.16. The van der Waals surface area contributed by atoms with Crippen molar-refractivity contribution in [1.82, 2.24) is 15.0 Å². The Hall–Kier alpha value is -1.67. The van der Waals surface area contributed by atoms with Gasteiger partial charge in [0.15, 0.2) is 0 Å². The molecule has 1 aliphatic heterocycles. The van der Waals surface area contributed by atoms with Crippen molar-refractivity contribution in [1.29, 1.82) is 0 Å². The van der Waals surface area contributed by atoms with Crippen molar-refractivity contribution < 1.29 is 13.2 Å². The van der Waals surface area contributed by atoms with Gasteiger partial charge < -0.3 is 10.6 Å². The van der Waals surface area contributed by atoms with E-state index in [2.05, 4.69) is 20.3 Å². The summed E-state index contributed by atoms with van der Waals surface area (Å²) in [6.07, 6.45) is 5.68. The maximum Gasteiger partial charge on any atom is 0.242 e. The van der Waals surface area contributed by atoms with Crippen molar-refractivity contribution in [3.63, 3.8) is 0 Å². The van der Waals surface area contributed by atoms with Crippen LogP contribution in [0.15, 0.2) is 23.2 Å². The van der Waals surface area contributed by atoms with E-state index in [-0.39, 0.29) is 22.9 Å². The minimum absolute atomic E-state index is 0.0407. The molecular weight excluding hydrogens is 328 g/mol. The first-order valence-electron chi connectivity index (χ1n) is 8.45. The van der Waals surface area contributed by atoms with Crippen molar-refractivity contribution in [3.8, 4) is 0 Å². The minimum atomic E-state index is -3.57. The molecule has 1 saturated heterocycles. The summed E-state index contributed by atoms with van der Waals surface area (Å²) in [6, 6.07) is 2.65. The Balaban J connectivity index is 2.03. The highest BCUT2D eigenvalue weighted by molar-refractivity contribution is 7.89. The molecule has 0 spiro atoms. The number of pyridine rings is 1. The fourth-order valence-corrected chi connectivity index (χ4v) is 3.93. The molecular formula is C16H26N4O3S. The second-order valence-electron chi connectivity index (χ2n) is 6.17. The summed E-state index contributed by atoms with van der Waals surface area (Å²) in [4.78, 5) is 16.2. The first-order valence-corrected chi connectivity index (χ1v) is 9.93. The van der Waals surface area contributed by atoms with Gasteiger partial charge in [-0.2, -0.15) is 0 Å². The molecule has 0 saturated carbocycles. The largest absolute Gasteiger partial charge is 0.358 e. The molecule has 7 nitrogen and oxygen atoms in total. The van der Waals surface area contributed by atoms with Gasteiger partial charge in [-0.15, -0.1) is 0 Å². The van der Waals surface area contributed by atoms with E-state index in [1.54, 1.807) is 6.07 Å². The van der Waals surface area contributed by atoms with Crippen LogP contribution in [0.2, 0.25) is 0 Å². The average molecular weight is 354 g/mol. The van der Waals surface area contributed by atoms with Crippen LogP contribution in [-0.4, -0.2) is 37.9 Å². The molecule has 2 rings (SSSR count). The number of nitrogens with zero attached hydrogens (tertiary/aromatic N) is 1. The molecule has 0 bridgehead atoms. The number of sulfonamides is 1. The number of carbonyl (C=O) groups excluding carboxylic acids is 1. The van der Waals surface area contributed by atoms with Crippen molar-refractivity contribution in [2.75, 3.05) is 11.9 Å². The summed E-state index contributed by atoms with van der Waals surface area (Å²) in [6.45, 7) is 4.55. The van der Waals surface area contributed by atoms with Crippen LogP contribution in [0, 0.1) is 0 Å². The monoisotopic (exact) mass is 354 g/mol. The standard InChI is InChI=1S/C16H26N4O3S/c1-3-6-12(2)20-24(22,23)13-8-9-15(18-11-13)19-14-7-4-5-10-17-16(14)21/h8-9,11-12,14,20H,3-7,10H2,1-2H3,(H,17,21)(H,18,19). The van der Waals surface area contributed by atoms with Gasteiger partial charge >= 0.3 is 0 Å². The van der Waals surface area contributed by atoms with Crippen LogP contribution in [0.25, 0.3) is 0 Å². The van der Waals surface area contributed by atoms with E-state index in [9.17, 15) is 13.2 Å². The molecule has 2 atom stereocenters. The fourth-order valence-electron chi connectivity index (χ4n) is 2.71. The number of nitrogens with one attached hydrogen (secondary N) is 3. The van der Waals surface area contributed by atoms with E-state index >= 15 is 0 Å². The maximum absolute atomic E-state index is 12.3. The zero-order chi connectivity index (χ0) is 17.6. The SMILES string of the molecule is CCCC(C)NS(=O)(=O)c1ccc(NC2CCCCNC2=O)nc1. The van der Waals surface area contributed by atoms with Crippen molar-refractivity contribution >= 4 is 21.7 Å². The Kier molecular flexibility index (Phi) is 6.56. The summed E-state index contributed by atoms with van der Waals surface area (Å²) < 4.78 is 27.2. The molecule has 24 heavy (non-hydrogen) atoms. The molecule has 1 aromatic heterocycles. The lowest BCUT2D eigenvalue weighted by atomic mass is 10.1. The quantitative estimate of drug-likeness (QED) is 0.691. The Morgan fingerprint density at radius 3 is 2.83 bits per heavy atom. The lowest BCUT2D eigenvalue weighted by Crippen LogP contribution is -2.38. The average Bonchev–Trinajstić information content (AvgIpc) is 2.72. The summed E-state index contributed by atoms with van der Waals surface area (Å²) in [5, 5.41) is 5.92. The van der Waals surface area contributed by atoms with Gasteiger partial charge in [0.2, 0.25) is 15.9 Å². The first-order chi connectivity index (χ1) is 11.4. The number of hydrogen-bond donors (Lipinski definition) is 3. The van der Waals surface area contributed by atoms with Crippen LogP contribution in [0.5, 0.6) is 0 Å². The number of amides is 1. The molecule has 8 heteroatoms. The zero-order valence-corrected chi connectivity index (χ0v) is 15.0. The van der Waals surface area contributed by atoms with Gasteiger partial charge in [-0.05, 0) is 44.7 Å². The van der Waals surface area contributed by atoms with Gasteiger partial charge in [0.1, 0.15) is 16.8 Å². The van der Waals surface area contributed by atoms with Gasteiger partial charge in [-0.3, -0.25) is 4.79 Å². The molecule has 2 unspecified atom stereocenters. The van der Waals surface area contributed by atoms with Gasteiger partial charge in [0, 0.05) is 18.8 Å². The summed E-state index contributed by atoms with van der Waals surface area (Å²) in [7, 11) is -3.57. The molecule has 0 aromatic carbocycles. The molecule has 0 radical (unpaired) electrons. The van der Waals surface area contributed by atoms with E-state index < -0.39 is 10.0 Å². The molecule has 134 valence electrons. The molecule has 1 aliphatic rings. The molecule has 1 amide bonds. The van der Waals surface area contributed by atoms with E-state index in [1.807, 2.05) is 13.8 Å². The molecule has 0 aliphatic carbocycles. The number of hydrogen-bond acceptors (Lipinski definition) is 5. The van der Waals surface area contributed by atoms with E-state index in [4.69, 9.17) is 0 Å². The summed E-state index contributed by atoms with van der Waals surface area (Å²) in [5.74, 6) is 0.457. The smallest absolute Gasteiger partial charge is 0.242 e. The highest BCUT2D eigenvalue weighted by Crippen LogP contribution is 2.15. The van der Waals surface area contributed by atoms with Crippen LogP contribution in [0.3, 0.4) is 0 Å². The normalized spacial score (nSPS) is 20.1. The fraction of sp³-hybridized carbons (Fsp3) is 0.625. The number of rotatable bonds is 7. The topological polar surface area (TPSA) is 100 Å². The molecule has 1 fully saturated rings. The van der Waals surface area contributed by atoms with Crippen LogP contribution >= 0.6 is 0 Å². The number of anilines is 1. The van der Waals surface area contributed by atoms with Crippen molar-refractivity contribution in [2.45, 2.75) is 62.9 Å². The van der Waals surface area contributed by atoms with Crippen molar-refractivity contribution in [3.05, 3.63) is 18.3 Å². The predicted molar refractivity (Wildman–Crippen MR) is 93.2 cm³/mol. The number of carbonyl (C=O) groups is 1. The second kappa shape index (κ2) is 8.43. The zero-order valence-electron chi connectivity index (χ0n) is 14.2. The van der Waals surface area contributed by atoms with Gasteiger partial charge in [0.25, 0.3) is 0 Å². The van der Waals surface area contributed by atoms with Crippen LogP contribution in [-0.2, 0) is 14.8 Å². The third-order valence-electron chi connectivity index (χ3n) is 3.98. The molecule has 1 aromatic rings. The third kappa shape index (κ3) is 5.17. The van der Waals surface area contributed by atoms with Gasteiger partial charge in [-0.25, -0.2) is 18.1 Å². The Morgan fingerprint density at radius 1 is 1.38 bits per heavy atom. The van der Waals surface area contributed by atoms with E-state index in [0.29, 0.717) is 12.4 Å². The summed E-state index contributed by atoms with van der Waals surface area (Å²) in [5.41, 5.74) is 0. The molecule has 2 heterocycles. The Bertz CT molecular complexity index is 646. The minimum Gasteiger partial charge on any atom is -0.358 e. The highest BCUT2D eigenvalue weighted by atomic mass is 32.2. The maximum atomic E-state index is 12.3. The highest BCUT2D eigenvalue weighted by Gasteiger charge is 2.21. The Labute approximate surface area is 143 Å². The summed E-state index contributed by atoms with van der Waals surface area (Å²) >= 11 is 0. The third-order valence-corrected chi connectivity index (χ3v) is 5.56. The molecule has 3 N–H and O–H groups in total. The van der Waals surface area contributed by atoms with E-state index in [0.717, 1.165) is 32.1 Å². The lowest BCUT2D eigenvalue weighted by molar-refractivity contribution is -0.121. The van der Waals surface area contributed by atoms with Crippen LogP contribution in [0.1, 0.15) is 46.0 Å². The van der Waals surface area contributed by atoms with Gasteiger partial charge in [0.05, 0.1) is 0 Å². The second-order valence-corrected chi connectivity index (χ2v) is 7.89. The van der Waals surface area contributed by atoms with E-state index in [1.165, 1.54) is 12.3 Å². The number of aromatic nitrogens is 1.